The molecule has 0 radical (unpaired) electrons. The van der Waals surface area contributed by atoms with E-state index in [1.165, 1.54) is 12.1 Å². The molecule has 0 aliphatic carbocycles. The van der Waals surface area contributed by atoms with Gasteiger partial charge in [0.1, 0.15) is 5.75 Å². The van der Waals surface area contributed by atoms with Gasteiger partial charge >= 0.3 is 6.18 Å². The molecule has 1 saturated heterocycles. The lowest BCUT2D eigenvalue weighted by atomic mass is 9.97. The summed E-state index contributed by atoms with van der Waals surface area (Å²) < 4.78 is 44.3. The average molecular weight is 472 g/mol. The first kappa shape index (κ1) is 23.3. The molecule has 2 amide bonds. The lowest BCUT2D eigenvalue weighted by molar-refractivity contribution is -0.153. The molecule has 3 aromatic rings. The van der Waals surface area contributed by atoms with E-state index < -0.39 is 24.6 Å². The van der Waals surface area contributed by atoms with Gasteiger partial charge in [-0.05, 0) is 30.7 Å². The van der Waals surface area contributed by atoms with Crippen LogP contribution in [-0.4, -0.2) is 40.9 Å². The number of para-hydroxylation sites is 1. The van der Waals surface area contributed by atoms with Crippen molar-refractivity contribution in [1.82, 2.24) is 15.1 Å². The number of carbonyl (C=O) groups excluding carboxylic acids is 2. The van der Waals surface area contributed by atoms with E-state index in [2.05, 4.69) is 15.7 Å². The first-order valence-corrected chi connectivity index (χ1v) is 10.7. The highest BCUT2D eigenvalue weighted by molar-refractivity contribution is 5.98. The Bertz CT molecular complexity index is 1220. The average Bonchev–Trinajstić information content (AvgIpc) is 3.35. The van der Waals surface area contributed by atoms with Gasteiger partial charge < -0.3 is 15.4 Å². The number of carbonyl (C=O) groups is 2. The van der Waals surface area contributed by atoms with Crippen LogP contribution in [0.3, 0.4) is 0 Å². The van der Waals surface area contributed by atoms with Crippen LogP contribution in [0, 0.1) is 18.8 Å². The third-order valence-corrected chi connectivity index (χ3v) is 5.69. The Kier molecular flexibility index (Phi) is 6.32. The quantitative estimate of drug-likeness (QED) is 0.566. The van der Waals surface area contributed by atoms with Crippen LogP contribution in [0.25, 0.3) is 16.9 Å². The van der Waals surface area contributed by atoms with Crippen molar-refractivity contribution in [3.63, 3.8) is 0 Å². The Hall–Kier alpha value is -3.82. The van der Waals surface area contributed by atoms with E-state index in [0.29, 0.717) is 11.3 Å². The number of nitrogens with zero attached hydrogens (tertiary/aromatic N) is 2. The van der Waals surface area contributed by atoms with Crippen molar-refractivity contribution in [3.8, 4) is 22.7 Å². The fourth-order valence-electron chi connectivity index (χ4n) is 3.81. The monoisotopic (exact) mass is 472 g/mol. The summed E-state index contributed by atoms with van der Waals surface area (Å²) in [7, 11) is 0. The second kappa shape index (κ2) is 9.20. The Morgan fingerprint density at radius 3 is 2.65 bits per heavy atom. The molecule has 0 saturated carbocycles. The zero-order chi connectivity index (χ0) is 24.5. The smallest absolute Gasteiger partial charge is 0.422 e. The molecule has 1 aromatic heterocycles. The Morgan fingerprint density at radius 1 is 1.21 bits per heavy atom. The summed E-state index contributed by atoms with van der Waals surface area (Å²) in [5, 5.41) is 9.99. The molecule has 0 unspecified atom stereocenters. The predicted octanol–water partition coefficient (Wildman–Crippen LogP) is 4.11. The molecule has 1 aliphatic rings. The third kappa shape index (κ3) is 5.05. The van der Waals surface area contributed by atoms with E-state index >= 15 is 0 Å². The van der Waals surface area contributed by atoms with Gasteiger partial charge in [0.05, 0.1) is 17.3 Å². The Labute approximate surface area is 193 Å². The fraction of sp³-hybridized carbons (Fsp3) is 0.292. The zero-order valence-electron chi connectivity index (χ0n) is 18.5. The molecule has 2 heterocycles. The third-order valence-electron chi connectivity index (χ3n) is 5.69. The van der Waals surface area contributed by atoms with Crippen LogP contribution >= 0.6 is 0 Å². The van der Waals surface area contributed by atoms with Gasteiger partial charge in [0.2, 0.25) is 11.8 Å². The topological polar surface area (TPSA) is 85.3 Å². The first-order valence-electron chi connectivity index (χ1n) is 10.7. The molecule has 1 aliphatic heterocycles. The van der Waals surface area contributed by atoms with Crippen molar-refractivity contribution in [3.05, 3.63) is 60.2 Å². The number of amides is 2. The lowest BCUT2D eigenvalue weighted by Gasteiger charge is -2.12. The molecular formula is C24H23F3N4O3. The molecular weight excluding hydrogens is 449 g/mol. The molecule has 0 bridgehead atoms. The number of aryl methyl sites for hydroxylation is 1. The number of hydrogen-bond donors (Lipinski definition) is 2. The highest BCUT2D eigenvalue weighted by Crippen LogP contribution is 2.31. The summed E-state index contributed by atoms with van der Waals surface area (Å²) in [6.45, 7) is 2.44. The van der Waals surface area contributed by atoms with Crippen LogP contribution in [0.5, 0.6) is 5.75 Å². The van der Waals surface area contributed by atoms with E-state index in [9.17, 15) is 22.8 Å². The minimum absolute atomic E-state index is 0.0577. The number of hydrogen-bond acceptors (Lipinski definition) is 4. The number of halogens is 3. The number of alkyl halides is 3. The van der Waals surface area contributed by atoms with Gasteiger partial charge in [0.25, 0.3) is 0 Å². The van der Waals surface area contributed by atoms with E-state index in [1.807, 2.05) is 31.2 Å². The first-order chi connectivity index (χ1) is 16.1. The maximum atomic E-state index is 12.8. The minimum atomic E-state index is -4.45. The highest BCUT2D eigenvalue weighted by atomic mass is 19.4. The number of anilines is 1. The normalized spacial score (nSPS) is 18.0. The van der Waals surface area contributed by atoms with Crippen molar-refractivity contribution in [2.75, 3.05) is 18.5 Å². The SMILES string of the molecule is Cc1ccccc1-n1nc(NC(=O)[C@H]2CNC(=O)[C@@H]2C)cc1-c1cccc(OCC(F)(F)F)c1. The highest BCUT2D eigenvalue weighted by Gasteiger charge is 2.36. The molecule has 7 nitrogen and oxygen atoms in total. The van der Waals surface area contributed by atoms with Crippen molar-refractivity contribution in [2.45, 2.75) is 20.0 Å². The number of nitrogens with one attached hydrogen (secondary N) is 2. The second-order valence-electron chi connectivity index (χ2n) is 8.17. The number of aromatic nitrogens is 2. The van der Waals surface area contributed by atoms with E-state index in [0.717, 1.165) is 11.3 Å². The molecule has 1 fully saturated rings. The minimum Gasteiger partial charge on any atom is -0.484 e. The second-order valence-corrected chi connectivity index (χ2v) is 8.17. The number of rotatable bonds is 6. The number of benzene rings is 2. The summed E-state index contributed by atoms with van der Waals surface area (Å²) >= 11 is 0. The molecule has 2 N–H and O–H groups in total. The summed E-state index contributed by atoms with van der Waals surface area (Å²) in [5.41, 5.74) is 2.76. The molecule has 2 aromatic carbocycles. The summed E-state index contributed by atoms with van der Waals surface area (Å²) in [6.07, 6.45) is -4.45. The van der Waals surface area contributed by atoms with Gasteiger partial charge in [-0.3, -0.25) is 9.59 Å². The summed E-state index contributed by atoms with van der Waals surface area (Å²) in [6, 6.07) is 15.4. The fourth-order valence-corrected chi connectivity index (χ4v) is 3.81. The maximum absolute atomic E-state index is 12.8. The molecule has 10 heteroatoms. The lowest BCUT2D eigenvalue weighted by Crippen LogP contribution is -2.28. The van der Waals surface area contributed by atoms with Gasteiger partial charge in [0.15, 0.2) is 12.4 Å². The van der Waals surface area contributed by atoms with Crippen LogP contribution < -0.4 is 15.4 Å². The Morgan fingerprint density at radius 2 is 1.97 bits per heavy atom. The molecule has 178 valence electrons. The van der Waals surface area contributed by atoms with Crippen molar-refractivity contribution in [1.29, 1.82) is 0 Å². The van der Waals surface area contributed by atoms with E-state index in [1.54, 1.807) is 29.8 Å². The van der Waals surface area contributed by atoms with E-state index in [4.69, 9.17) is 4.74 Å². The van der Waals surface area contributed by atoms with Gasteiger partial charge in [-0.1, -0.05) is 37.3 Å². The van der Waals surface area contributed by atoms with Crippen LogP contribution in [0.2, 0.25) is 0 Å². The molecule has 0 spiro atoms. The standard InChI is InChI=1S/C24H23F3N4O3/c1-14-6-3-4-9-19(14)31-20(16-7-5-8-17(10-16)34-13-24(25,26)27)11-21(30-31)29-23(33)18-12-28-22(32)15(18)2/h3-11,15,18H,12-13H2,1-2H3,(H,28,32)(H,29,30,33)/t15-,18+/m1/s1. The largest absolute Gasteiger partial charge is 0.484 e. The van der Waals surface area contributed by atoms with E-state index in [-0.39, 0.29) is 29.9 Å². The van der Waals surface area contributed by atoms with Crippen LogP contribution in [0.15, 0.2) is 54.6 Å². The maximum Gasteiger partial charge on any atom is 0.422 e. The molecule has 34 heavy (non-hydrogen) atoms. The van der Waals surface area contributed by atoms with Crippen LogP contribution in [-0.2, 0) is 9.59 Å². The van der Waals surface area contributed by atoms with Crippen LogP contribution in [0.4, 0.5) is 19.0 Å². The summed E-state index contributed by atoms with van der Waals surface area (Å²) in [5.74, 6) is -1.19. The summed E-state index contributed by atoms with van der Waals surface area (Å²) in [4.78, 5) is 24.5. The number of ether oxygens (including phenoxy) is 1. The zero-order valence-corrected chi connectivity index (χ0v) is 18.5. The Balaban J connectivity index is 1.69. The van der Waals surface area contributed by atoms with Gasteiger partial charge in [-0.25, -0.2) is 4.68 Å². The predicted molar refractivity (Wildman–Crippen MR) is 120 cm³/mol. The van der Waals surface area contributed by atoms with Gasteiger partial charge in [-0.2, -0.15) is 13.2 Å². The molecule has 2 atom stereocenters. The van der Waals surface area contributed by atoms with Crippen molar-refractivity contribution in [2.24, 2.45) is 11.8 Å². The van der Waals surface area contributed by atoms with Gasteiger partial charge in [-0.15, -0.1) is 5.10 Å². The molecule has 4 rings (SSSR count). The van der Waals surface area contributed by atoms with Crippen LogP contribution in [0.1, 0.15) is 12.5 Å². The van der Waals surface area contributed by atoms with Crippen molar-refractivity contribution >= 4 is 17.6 Å². The van der Waals surface area contributed by atoms with Gasteiger partial charge in [0, 0.05) is 24.1 Å². The van der Waals surface area contributed by atoms with Crippen molar-refractivity contribution < 1.29 is 27.5 Å².